The van der Waals surface area contributed by atoms with Gasteiger partial charge in [-0.2, -0.15) is 0 Å². The molecule has 0 saturated carbocycles. The molecule has 6 nitrogen and oxygen atoms in total. The van der Waals surface area contributed by atoms with Crippen molar-refractivity contribution in [1.29, 1.82) is 0 Å². The van der Waals surface area contributed by atoms with Crippen LogP contribution in [-0.4, -0.2) is 37.2 Å². The van der Waals surface area contributed by atoms with E-state index in [2.05, 4.69) is 106 Å². The average Bonchev–Trinajstić information content (AvgIpc) is 3.27. The Hall–Kier alpha value is -3.67. The topological polar surface area (TPSA) is 78.9 Å². The Kier molecular flexibility index (Phi) is 47.0. The molecule has 0 aliphatic carbocycles. The summed E-state index contributed by atoms with van der Waals surface area (Å²) in [6.45, 7) is 6.32. The molecule has 0 radical (unpaired) electrons. The number of ether oxygens (including phenoxy) is 3. The van der Waals surface area contributed by atoms with E-state index in [-0.39, 0.29) is 44.0 Å². The zero-order valence-corrected chi connectivity index (χ0v) is 40.1. The fraction of sp³-hybridized carbons (Fsp3) is 0.661. The van der Waals surface area contributed by atoms with E-state index in [1.807, 2.05) is 12.2 Å². The molecule has 0 aromatic heterocycles. The molecule has 6 heteroatoms. The fourth-order valence-electron chi connectivity index (χ4n) is 6.62. The Morgan fingerprint density at radius 3 is 1.08 bits per heavy atom. The van der Waals surface area contributed by atoms with Crippen LogP contribution < -0.4 is 0 Å². The van der Waals surface area contributed by atoms with E-state index in [4.69, 9.17) is 14.2 Å². The summed E-state index contributed by atoms with van der Waals surface area (Å²) < 4.78 is 16.7. The van der Waals surface area contributed by atoms with Gasteiger partial charge in [0.1, 0.15) is 13.2 Å². The van der Waals surface area contributed by atoms with Crippen LogP contribution in [0.3, 0.4) is 0 Å². The van der Waals surface area contributed by atoms with E-state index in [9.17, 15) is 14.4 Å². The van der Waals surface area contributed by atoms with Crippen LogP contribution in [0, 0.1) is 0 Å². The maximum absolute atomic E-state index is 12.8. The number of carbonyl (C=O) groups is 3. The number of hydrogen-bond acceptors (Lipinski definition) is 6. The molecule has 0 aliphatic heterocycles. The number of unbranched alkanes of at least 4 members (excludes halogenated alkanes) is 17. The summed E-state index contributed by atoms with van der Waals surface area (Å²) in [5.74, 6) is -1.02. The molecule has 0 aliphatic rings. The third-order valence-corrected chi connectivity index (χ3v) is 10.3. The Morgan fingerprint density at radius 2 is 0.661 bits per heavy atom. The third kappa shape index (κ3) is 47.4. The van der Waals surface area contributed by atoms with Gasteiger partial charge in [-0.1, -0.05) is 214 Å². The zero-order chi connectivity index (χ0) is 45.1. The minimum absolute atomic E-state index is 0.109. The molecule has 0 saturated heterocycles. The highest BCUT2D eigenvalue weighted by Crippen LogP contribution is 2.14. The number of esters is 3. The van der Waals surface area contributed by atoms with E-state index in [1.54, 1.807) is 0 Å². The number of carbonyl (C=O) groups excluding carboxylic acids is 3. The molecule has 0 heterocycles. The van der Waals surface area contributed by atoms with Crippen molar-refractivity contribution in [3.63, 3.8) is 0 Å². The van der Waals surface area contributed by atoms with Gasteiger partial charge >= 0.3 is 17.9 Å². The van der Waals surface area contributed by atoms with Crippen LogP contribution in [0.25, 0.3) is 0 Å². The number of rotatable bonds is 44. The van der Waals surface area contributed by atoms with Crippen molar-refractivity contribution in [3.05, 3.63) is 97.2 Å². The van der Waals surface area contributed by atoms with Gasteiger partial charge in [0.15, 0.2) is 6.10 Å². The van der Waals surface area contributed by atoms with Crippen LogP contribution in [0.4, 0.5) is 0 Å². The summed E-state index contributed by atoms with van der Waals surface area (Å²) in [5, 5.41) is 0. The van der Waals surface area contributed by atoms with Crippen molar-refractivity contribution in [2.45, 2.75) is 226 Å². The van der Waals surface area contributed by atoms with Gasteiger partial charge in [0.05, 0.1) is 0 Å². The van der Waals surface area contributed by atoms with Gasteiger partial charge in [0, 0.05) is 19.3 Å². The summed E-state index contributed by atoms with van der Waals surface area (Å²) in [4.78, 5) is 37.9. The van der Waals surface area contributed by atoms with Gasteiger partial charge in [-0.05, 0) is 83.5 Å². The summed E-state index contributed by atoms with van der Waals surface area (Å²) in [6.07, 6.45) is 65.4. The fourth-order valence-corrected chi connectivity index (χ4v) is 6.62. The Balaban J connectivity index is 4.53. The molecule has 1 unspecified atom stereocenters. The molecule has 0 N–H and O–H groups in total. The first-order valence-corrected chi connectivity index (χ1v) is 25.2. The van der Waals surface area contributed by atoms with Crippen LogP contribution in [0.2, 0.25) is 0 Å². The minimum Gasteiger partial charge on any atom is -0.462 e. The summed E-state index contributed by atoms with van der Waals surface area (Å²) in [6, 6.07) is 0. The summed E-state index contributed by atoms with van der Waals surface area (Å²) >= 11 is 0. The second-order valence-corrected chi connectivity index (χ2v) is 16.3. The molecule has 62 heavy (non-hydrogen) atoms. The Morgan fingerprint density at radius 1 is 0.339 bits per heavy atom. The molecule has 1 atom stereocenters. The van der Waals surface area contributed by atoms with Gasteiger partial charge < -0.3 is 14.2 Å². The first-order valence-electron chi connectivity index (χ1n) is 25.2. The maximum atomic E-state index is 12.8. The van der Waals surface area contributed by atoms with Crippen molar-refractivity contribution >= 4 is 17.9 Å². The zero-order valence-electron chi connectivity index (χ0n) is 40.1. The highest BCUT2D eigenvalue weighted by molar-refractivity contribution is 5.71. The van der Waals surface area contributed by atoms with E-state index in [0.29, 0.717) is 12.8 Å². The lowest BCUT2D eigenvalue weighted by molar-refractivity contribution is -0.166. The van der Waals surface area contributed by atoms with Crippen molar-refractivity contribution in [3.8, 4) is 0 Å². The van der Waals surface area contributed by atoms with Gasteiger partial charge in [-0.3, -0.25) is 14.4 Å². The van der Waals surface area contributed by atoms with Crippen molar-refractivity contribution in [2.24, 2.45) is 0 Å². The normalized spacial score (nSPS) is 12.9. The van der Waals surface area contributed by atoms with Crippen LogP contribution in [0.15, 0.2) is 97.2 Å². The molecular formula is C56H92O6. The predicted octanol–water partition coefficient (Wildman–Crippen LogP) is 16.6. The molecule has 0 fully saturated rings. The van der Waals surface area contributed by atoms with Gasteiger partial charge in [-0.15, -0.1) is 0 Å². The second-order valence-electron chi connectivity index (χ2n) is 16.3. The minimum atomic E-state index is -0.817. The molecule has 0 spiro atoms. The van der Waals surface area contributed by atoms with Gasteiger partial charge in [0.25, 0.3) is 0 Å². The molecular weight excluding hydrogens is 769 g/mol. The number of allylic oxidation sites excluding steroid dienone is 16. The lowest BCUT2D eigenvalue weighted by Gasteiger charge is -2.18. The lowest BCUT2D eigenvalue weighted by atomic mass is 10.0. The molecule has 0 amide bonds. The number of hydrogen-bond donors (Lipinski definition) is 0. The third-order valence-electron chi connectivity index (χ3n) is 10.3. The summed E-state index contributed by atoms with van der Waals surface area (Å²) in [5.41, 5.74) is 0. The molecule has 0 aromatic carbocycles. The van der Waals surface area contributed by atoms with Crippen LogP contribution >= 0.6 is 0 Å². The van der Waals surface area contributed by atoms with E-state index in [1.165, 1.54) is 70.6 Å². The quantitative estimate of drug-likeness (QED) is 0.0263. The van der Waals surface area contributed by atoms with E-state index < -0.39 is 6.10 Å². The first kappa shape index (κ1) is 58.3. The lowest BCUT2D eigenvalue weighted by Crippen LogP contribution is -2.30. The molecule has 0 rings (SSSR count). The van der Waals surface area contributed by atoms with Crippen LogP contribution in [0.5, 0.6) is 0 Å². The monoisotopic (exact) mass is 861 g/mol. The molecule has 0 aromatic rings. The highest BCUT2D eigenvalue weighted by Gasteiger charge is 2.19. The SMILES string of the molecule is CC/C=C\C/C=C\C/C=C\C/C=C\C/C=C\CCC(=O)OCC(COC(=O)CCCCCCCCCCCCCCCC)OC(=O)CCCCCC/C=C\C/C=C\C/C=C\CC. The second kappa shape index (κ2) is 50.0. The van der Waals surface area contributed by atoms with Crippen LogP contribution in [-0.2, 0) is 28.6 Å². The van der Waals surface area contributed by atoms with Crippen molar-refractivity contribution < 1.29 is 28.6 Å². The Bertz CT molecular complexity index is 1260. The van der Waals surface area contributed by atoms with Gasteiger partial charge in [-0.25, -0.2) is 0 Å². The largest absolute Gasteiger partial charge is 0.462 e. The van der Waals surface area contributed by atoms with Crippen LogP contribution in [0.1, 0.15) is 220 Å². The van der Waals surface area contributed by atoms with Crippen molar-refractivity contribution in [1.82, 2.24) is 0 Å². The highest BCUT2D eigenvalue weighted by atomic mass is 16.6. The van der Waals surface area contributed by atoms with E-state index in [0.717, 1.165) is 103 Å². The molecule has 0 bridgehead atoms. The van der Waals surface area contributed by atoms with E-state index >= 15 is 0 Å². The Labute approximate surface area is 381 Å². The predicted molar refractivity (Wildman–Crippen MR) is 265 cm³/mol. The first-order chi connectivity index (χ1) is 30.5. The van der Waals surface area contributed by atoms with Crippen molar-refractivity contribution in [2.75, 3.05) is 13.2 Å². The maximum Gasteiger partial charge on any atom is 0.306 e. The molecule has 352 valence electrons. The smallest absolute Gasteiger partial charge is 0.306 e. The summed E-state index contributed by atoms with van der Waals surface area (Å²) in [7, 11) is 0. The average molecular weight is 861 g/mol. The van der Waals surface area contributed by atoms with Gasteiger partial charge in [0.2, 0.25) is 0 Å². The standard InChI is InChI=1S/C56H92O6/c1-4-7-10-13-16-19-22-25-28-29-32-34-37-40-43-46-49-55(58)61-52-53(62-56(59)50-47-44-41-38-35-31-27-24-21-18-15-12-9-6-3)51-60-54(57)48-45-42-39-36-33-30-26-23-20-17-14-11-8-5-2/h7,9-10,12,16,18-19,21,25,27-28,31-32,34,40,43,53H,4-6,8,11,13-15,17,20,22-24,26,29-30,33,35-39,41-42,44-52H2,1-3H3/b10-7-,12-9-,19-16-,21-18-,28-25-,31-27-,34-32-,43-40-.